The number of allylic oxidation sites excluding steroid dienone is 3. The van der Waals surface area contributed by atoms with Crippen LogP contribution in [0.1, 0.15) is 64.7 Å². The lowest BCUT2D eigenvalue weighted by Crippen LogP contribution is -2.20. The van der Waals surface area contributed by atoms with Crippen LogP contribution in [0.4, 0.5) is 0 Å². The van der Waals surface area contributed by atoms with Gasteiger partial charge in [-0.05, 0) is 37.7 Å². The molecule has 0 amide bonds. The molecule has 25 heavy (non-hydrogen) atoms. The maximum Gasteiger partial charge on any atom is 0.303 e. The fourth-order valence-electron chi connectivity index (χ4n) is 3.30. The maximum atomic E-state index is 11.9. The fraction of sp³-hybridized carbons (Fsp3) is 0.700. The Bertz CT molecular complexity index is 469. The lowest BCUT2D eigenvalue weighted by molar-refractivity contribution is -0.137. The third-order valence-electron chi connectivity index (χ3n) is 4.78. The first-order valence-corrected chi connectivity index (χ1v) is 9.39. The highest BCUT2D eigenvalue weighted by molar-refractivity contribution is 5.89. The minimum absolute atomic E-state index is 0.0741. The third kappa shape index (κ3) is 8.45. The number of aliphatic carboxylic acids is 1. The summed E-state index contributed by atoms with van der Waals surface area (Å²) in [6, 6.07) is 0. The van der Waals surface area contributed by atoms with Gasteiger partial charge in [0.1, 0.15) is 0 Å². The molecule has 0 aliphatic heterocycles. The molecule has 1 fully saturated rings. The number of unbranched alkanes of at least 4 members (excludes halogenated alkanes) is 3. The molecule has 0 radical (unpaired) electrons. The molecule has 4 atom stereocenters. The first-order valence-electron chi connectivity index (χ1n) is 9.39. The Labute approximate surface area is 150 Å². The van der Waals surface area contributed by atoms with Gasteiger partial charge in [0.25, 0.3) is 0 Å². The van der Waals surface area contributed by atoms with E-state index in [1.807, 2.05) is 12.2 Å². The molecule has 5 heteroatoms. The summed E-state index contributed by atoms with van der Waals surface area (Å²) in [5, 5.41) is 28.9. The van der Waals surface area contributed by atoms with Crippen LogP contribution >= 0.6 is 0 Å². The molecule has 142 valence electrons. The molecule has 0 aromatic carbocycles. The zero-order chi connectivity index (χ0) is 18.7. The molecule has 1 aliphatic carbocycles. The normalized spacial score (nSPS) is 26.7. The molecule has 3 N–H and O–H groups in total. The zero-order valence-corrected chi connectivity index (χ0v) is 15.1. The van der Waals surface area contributed by atoms with Crippen LogP contribution in [0.5, 0.6) is 0 Å². The Morgan fingerprint density at radius 3 is 2.48 bits per heavy atom. The van der Waals surface area contributed by atoms with Gasteiger partial charge in [0.2, 0.25) is 0 Å². The summed E-state index contributed by atoms with van der Waals surface area (Å²) in [4.78, 5) is 22.3. The number of ketones is 1. The molecule has 0 unspecified atom stereocenters. The number of aliphatic hydroxyl groups excluding tert-OH is 2. The van der Waals surface area contributed by atoms with Crippen molar-refractivity contribution in [3.8, 4) is 0 Å². The van der Waals surface area contributed by atoms with Gasteiger partial charge in [-0.2, -0.15) is 0 Å². The van der Waals surface area contributed by atoms with Crippen molar-refractivity contribution in [2.45, 2.75) is 76.9 Å². The molecule has 1 rings (SSSR count). The van der Waals surface area contributed by atoms with Crippen LogP contribution in [0.15, 0.2) is 24.3 Å². The average molecular weight is 352 g/mol. The Balaban J connectivity index is 2.48. The summed E-state index contributed by atoms with van der Waals surface area (Å²) < 4.78 is 0. The van der Waals surface area contributed by atoms with Gasteiger partial charge in [-0.3, -0.25) is 9.59 Å². The van der Waals surface area contributed by atoms with Gasteiger partial charge in [0.05, 0.1) is 12.2 Å². The van der Waals surface area contributed by atoms with Gasteiger partial charge in [0.15, 0.2) is 5.78 Å². The van der Waals surface area contributed by atoms with Gasteiger partial charge in [-0.1, -0.05) is 38.0 Å². The van der Waals surface area contributed by atoms with E-state index in [2.05, 4.69) is 6.92 Å². The zero-order valence-electron chi connectivity index (χ0n) is 15.1. The molecule has 0 spiro atoms. The summed E-state index contributed by atoms with van der Waals surface area (Å²) in [5.41, 5.74) is 0. The van der Waals surface area contributed by atoms with Crippen molar-refractivity contribution in [1.82, 2.24) is 0 Å². The van der Waals surface area contributed by atoms with Crippen LogP contribution in [0.3, 0.4) is 0 Å². The van der Waals surface area contributed by atoms with Crippen molar-refractivity contribution in [3.05, 3.63) is 24.3 Å². The SMILES string of the molecule is CCCCCC(=O)/C=C\[C@@H]1[C@@H](C/C=C/CCCC(=O)O)[C@@H](O)C[C@H]1O. The van der Waals surface area contributed by atoms with E-state index in [1.54, 1.807) is 12.2 Å². The summed E-state index contributed by atoms with van der Waals surface area (Å²) in [6.45, 7) is 2.09. The number of aliphatic hydroxyl groups is 2. The Morgan fingerprint density at radius 2 is 1.80 bits per heavy atom. The van der Waals surface area contributed by atoms with Crippen LogP contribution in [0, 0.1) is 11.8 Å². The van der Waals surface area contributed by atoms with Gasteiger partial charge in [-0.15, -0.1) is 0 Å². The number of rotatable bonds is 12. The van der Waals surface area contributed by atoms with Crippen LogP contribution in [-0.2, 0) is 9.59 Å². The summed E-state index contributed by atoms with van der Waals surface area (Å²) in [7, 11) is 0. The molecule has 1 saturated carbocycles. The molecule has 0 aromatic heterocycles. The second-order valence-electron chi connectivity index (χ2n) is 6.89. The van der Waals surface area contributed by atoms with Crippen LogP contribution in [0.25, 0.3) is 0 Å². The molecular formula is C20H32O5. The van der Waals surface area contributed by atoms with E-state index in [0.717, 1.165) is 19.3 Å². The molecular weight excluding hydrogens is 320 g/mol. The van der Waals surface area contributed by atoms with Crippen molar-refractivity contribution in [2.24, 2.45) is 11.8 Å². The van der Waals surface area contributed by atoms with Gasteiger partial charge in [-0.25, -0.2) is 0 Å². The number of carboxylic acid groups (broad SMARTS) is 1. The predicted octanol–water partition coefficient (Wildman–Crippen LogP) is 3.25. The number of carboxylic acids is 1. The van der Waals surface area contributed by atoms with E-state index >= 15 is 0 Å². The van der Waals surface area contributed by atoms with E-state index in [-0.39, 0.29) is 24.0 Å². The molecule has 5 nitrogen and oxygen atoms in total. The van der Waals surface area contributed by atoms with Gasteiger partial charge >= 0.3 is 5.97 Å². The van der Waals surface area contributed by atoms with E-state index in [9.17, 15) is 19.8 Å². The predicted molar refractivity (Wildman–Crippen MR) is 97.1 cm³/mol. The summed E-state index contributed by atoms with van der Waals surface area (Å²) in [5.74, 6) is -1.04. The highest BCUT2D eigenvalue weighted by Crippen LogP contribution is 2.36. The first kappa shape index (κ1) is 21.6. The second kappa shape index (κ2) is 12.0. The quantitative estimate of drug-likeness (QED) is 0.285. The van der Waals surface area contributed by atoms with Crippen molar-refractivity contribution in [3.63, 3.8) is 0 Å². The summed E-state index contributed by atoms with van der Waals surface area (Å²) in [6.07, 6.45) is 11.9. The lowest BCUT2D eigenvalue weighted by Gasteiger charge is -2.19. The van der Waals surface area contributed by atoms with Crippen LogP contribution in [0.2, 0.25) is 0 Å². The van der Waals surface area contributed by atoms with E-state index in [4.69, 9.17) is 5.11 Å². The standard InChI is InChI=1S/C20H32O5/c1-2-3-6-9-15(21)12-13-17-16(18(22)14-19(17)23)10-7-4-5-8-11-20(24)25/h4,7,12-13,16-19,22-23H,2-3,5-6,8-11,14H2,1H3,(H,24,25)/b7-4+,13-12-/t16-,17-,18+,19-/m1/s1. The van der Waals surface area contributed by atoms with E-state index in [1.165, 1.54) is 0 Å². The maximum absolute atomic E-state index is 11.9. The largest absolute Gasteiger partial charge is 0.481 e. The lowest BCUT2D eigenvalue weighted by atomic mass is 9.89. The van der Waals surface area contributed by atoms with Crippen molar-refractivity contribution in [2.75, 3.05) is 0 Å². The smallest absolute Gasteiger partial charge is 0.303 e. The van der Waals surface area contributed by atoms with Crippen LogP contribution < -0.4 is 0 Å². The Hall–Kier alpha value is -1.46. The molecule has 0 heterocycles. The Morgan fingerprint density at radius 1 is 1.04 bits per heavy atom. The first-order chi connectivity index (χ1) is 12.0. The van der Waals surface area contributed by atoms with Crippen molar-refractivity contribution < 1.29 is 24.9 Å². The average Bonchev–Trinajstić information content (AvgIpc) is 2.82. The highest BCUT2D eigenvalue weighted by atomic mass is 16.4. The minimum Gasteiger partial charge on any atom is -0.481 e. The van der Waals surface area contributed by atoms with E-state index < -0.39 is 18.2 Å². The number of carbonyl (C=O) groups is 2. The van der Waals surface area contributed by atoms with Crippen molar-refractivity contribution in [1.29, 1.82) is 0 Å². The van der Waals surface area contributed by atoms with E-state index in [0.29, 0.717) is 32.1 Å². The van der Waals surface area contributed by atoms with Gasteiger partial charge in [0, 0.05) is 25.2 Å². The molecule has 0 bridgehead atoms. The topological polar surface area (TPSA) is 94.8 Å². The Kier molecular flexibility index (Phi) is 10.3. The number of carbonyl (C=O) groups excluding carboxylic acids is 1. The summed E-state index contributed by atoms with van der Waals surface area (Å²) >= 11 is 0. The van der Waals surface area contributed by atoms with Crippen LogP contribution in [-0.4, -0.2) is 39.3 Å². The highest BCUT2D eigenvalue weighted by Gasteiger charge is 2.39. The molecule has 0 aromatic rings. The third-order valence-corrected chi connectivity index (χ3v) is 4.78. The number of hydrogen-bond donors (Lipinski definition) is 3. The molecule has 0 saturated heterocycles. The monoisotopic (exact) mass is 352 g/mol. The number of hydrogen-bond acceptors (Lipinski definition) is 4. The molecule has 1 aliphatic rings. The minimum atomic E-state index is -0.795. The second-order valence-corrected chi connectivity index (χ2v) is 6.89. The fourth-order valence-corrected chi connectivity index (χ4v) is 3.30. The van der Waals surface area contributed by atoms with Crippen molar-refractivity contribution >= 4 is 11.8 Å². The van der Waals surface area contributed by atoms with Gasteiger partial charge < -0.3 is 15.3 Å².